The smallest absolute Gasteiger partial charge is 0.264 e. The number of carbonyl (C=O) groups is 2. The van der Waals surface area contributed by atoms with Crippen molar-refractivity contribution in [2.24, 2.45) is 5.10 Å². The topological polar surface area (TPSA) is 71.4 Å². The molecular formula is C25H25N3O4S. The highest BCUT2D eigenvalue weighted by Gasteiger charge is 2.34. The largest absolute Gasteiger partial charge is 0.497 e. The van der Waals surface area contributed by atoms with E-state index in [9.17, 15) is 9.59 Å². The molecule has 2 heterocycles. The number of methoxy groups -OCH3 is 2. The summed E-state index contributed by atoms with van der Waals surface area (Å²) in [6.45, 7) is -0.0712. The monoisotopic (exact) mass is 463 g/mol. The summed E-state index contributed by atoms with van der Waals surface area (Å²) in [6, 6.07) is 18.5. The van der Waals surface area contributed by atoms with Crippen LogP contribution in [-0.2, 0) is 4.79 Å². The van der Waals surface area contributed by atoms with Crippen LogP contribution >= 0.6 is 11.3 Å². The lowest BCUT2D eigenvalue weighted by Gasteiger charge is -2.25. The van der Waals surface area contributed by atoms with Gasteiger partial charge >= 0.3 is 0 Å². The van der Waals surface area contributed by atoms with Gasteiger partial charge in [-0.25, -0.2) is 5.01 Å². The van der Waals surface area contributed by atoms with E-state index >= 15 is 0 Å². The Labute approximate surface area is 196 Å². The van der Waals surface area contributed by atoms with Gasteiger partial charge in [0.15, 0.2) is 0 Å². The third kappa shape index (κ3) is 4.90. The van der Waals surface area contributed by atoms with Gasteiger partial charge in [-0.15, -0.1) is 11.3 Å². The van der Waals surface area contributed by atoms with Gasteiger partial charge in [-0.2, -0.15) is 5.10 Å². The van der Waals surface area contributed by atoms with E-state index in [0.717, 1.165) is 28.3 Å². The maximum absolute atomic E-state index is 13.3. The summed E-state index contributed by atoms with van der Waals surface area (Å²) >= 11 is 1.35. The normalized spacial score (nSPS) is 15.2. The number of hydrazone groups is 1. The second-order valence-electron chi connectivity index (χ2n) is 7.65. The van der Waals surface area contributed by atoms with Crippen LogP contribution in [0.15, 0.2) is 71.1 Å². The van der Waals surface area contributed by atoms with Gasteiger partial charge in [0, 0.05) is 19.0 Å². The molecule has 1 unspecified atom stereocenters. The summed E-state index contributed by atoms with van der Waals surface area (Å²) in [4.78, 5) is 28.0. The van der Waals surface area contributed by atoms with Crippen LogP contribution in [0.5, 0.6) is 11.5 Å². The van der Waals surface area contributed by atoms with Crippen molar-refractivity contribution in [3.05, 3.63) is 82.0 Å². The highest BCUT2D eigenvalue weighted by molar-refractivity contribution is 7.12. The third-order valence-electron chi connectivity index (χ3n) is 5.52. The Morgan fingerprint density at radius 1 is 1.06 bits per heavy atom. The van der Waals surface area contributed by atoms with E-state index in [0.29, 0.717) is 11.3 Å². The van der Waals surface area contributed by atoms with Crippen LogP contribution in [0.1, 0.15) is 33.3 Å². The van der Waals surface area contributed by atoms with Crippen molar-refractivity contribution < 1.29 is 19.1 Å². The summed E-state index contributed by atoms with van der Waals surface area (Å²) in [5, 5.41) is 8.02. The first kappa shape index (κ1) is 22.5. The number of amides is 2. The fraction of sp³-hybridized carbons (Fsp3) is 0.240. The minimum atomic E-state index is -0.283. The van der Waals surface area contributed by atoms with E-state index in [4.69, 9.17) is 9.47 Å². The highest BCUT2D eigenvalue weighted by Crippen LogP contribution is 2.34. The van der Waals surface area contributed by atoms with Crippen LogP contribution < -0.4 is 9.47 Å². The Balaban J connectivity index is 1.61. The predicted octanol–water partition coefficient (Wildman–Crippen LogP) is 4.22. The second-order valence-corrected chi connectivity index (χ2v) is 8.60. The lowest BCUT2D eigenvalue weighted by atomic mass is 9.98. The van der Waals surface area contributed by atoms with Crippen molar-refractivity contribution >= 4 is 28.9 Å². The van der Waals surface area contributed by atoms with Gasteiger partial charge in [0.25, 0.3) is 11.8 Å². The fourth-order valence-electron chi connectivity index (χ4n) is 3.74. The van der Waals surface area contributed by atoms with Gasteiger partial charge in [0.1, 0.15) is 18.0 Å². The Morgan fingerprint density at radius 3 is 2.48 bits per heavy atom. The summed E-state index contributed by atoms with van der Waals surface area (Å²) in [5.74, 6) is 1.03. The molecule has 0 fully saturated rings. The van der Waals surface area contributed by atoms with Gasteiger partial charge in [0.05, 0.1) is 30.9 Å². The number of ether oxygens (including phenoxy) is 2. The number of benzene rings is 2. The zero-order chi connectivity index (χ0) is 23.4. The quantitative estimate of drug-likeness (QED) is 0.526. The molecule has 170 valence electrons. The molecule has 1 aliphatic rings. The number of rotatable bonds is 7. The van der Waals surface area contributed by atoms with Gasteiger partial charge in [-0.05, 0) is 41.3 Å². The van der Waals surface area contributed by atoms with Gasteiger partial charge in [0.2, 0.25) is 0 Å². The van der Waals surface area contributed by atoms with Crippen molar-refractivity contribution in [2.75, 3.05) is 27.8 Å². The predicted molar refractivity (Wildman–Crippen MR) is 128 cm³/mol. The van der Waals surface area contributed by atoms with Crippen LogP contribution in [0.3, 0.4) is 0 Å². The number of hydrogen-bond donors (Lipinski definition) is 0. The molecule has 33 heavy (non-hydrogen) atoms. The molecule has 7 nitrogen and oxygen atoms in total. The molecule has 0 N–H and O–H groups in total. The molecule has 0 aliphatic carbocycles. The molecule has 0 radical (unpaired) electrons. The van der Waals surface area contributed by atoms with Crippen LogP contribution in [0.4, 0.5) is 0 Å². The van der Waals surface area contributed by atoms with E-state index in [1.165, 1.54) is 21.2 Å². The van der Waals surface area contributed by atoms with Crippen LogP contribution in [0.2, 0.25) is 0 Å². The summed E-state index contributed by atoms with van der Waals surface area (Å²) < 4.78 is 10.6. The molecule has 0 bridgehead atoms. The number of hydrogen-bond acceptors (Lipinski definition) is 6. The lowest BCUT2D eigenvalue weighted by Crippen LogP contribution is -2.39. The molecule has 2 amide bonds. The van der Waals surface area contributed by atoms with Crippen LogP contribution in [-0.4, -0.2) is 55.2 Å². The molecule has 1 aliphatic heterocycles. The Kier molecular flexibility index (Phi) is 6.74. The molecule has 0 saturated heterocycles. The first-order chi connectivity index (χ1) is 16.0. The maximum Gasteiger partial charge on any atom is 0.264 e. The van der Waals surface area contributed by atoms with E-state index in [1.807, 2.05) is 60.0 Å². The van der Waals surface area contributed by atoms with Crippen molar-refractivity contribution in [1.29, 1.82) is 0 Å². The molecule has 3 aromatic rings. The van der Waals surface area contributed by atoms with E-state index in [-0.39, 0.29) is 24.4 Å². The molecular weight excluding hydrogens is 438 g/mol. The number of thiophene rings is 1. The number of carbonyl (C=O) groups excluding carboxylic acids is 2. The summed E-state index contributed by atoms with van der Waals surface area (Å²) in [7, 11) is 4.86. The van der Waals surface area contributed by atoms with Gasteiger partial charge in [-0.3, -0.25) is 9.59 Å². The summed E-state index contributed by atoms with van der Waals surface area (Å²) in [5.41, 5.74) is 2.62. The number of nitrogens with zero attached hydrogens (tertiary/aromatic N) is 3. The minimum absolute atomic E-state index is 0.0712. The van der Waals surface area contributed by atoms with Crippen molar-refractivity contribution in [1.82, 2.24) is 9.91 Å². The van der Waals surface area contributed by atoms with E-state index in [2.05, 4.69) is 5.10 Å². The molecule has 1 atom stereocenters. The second kappa shape index (κ2) is 9.87. The third-order valence-corrected chi connectivity index (χ3v) is 6.38. The Bertz CT molecular complexity index is 1160. The number of likely N-dealkylation sites (N-methyl/N-ethyl adjacent to an activating group) is 1. The lowest BCUT2D eigenvalue weighted by molar-refractivity contribution is -0.133. The average Bonchev–Trinajstić information content (AvgIpc) is 3.54. The molecule has 4 rings (SSSR count). The standard InChI is InChI=1S/C25H25N3O4S/c1-27(25(30)23-8-5-13-33-23)16-24(29)28-22(17-9-11-19(31-2)12-10-17)15-21(26-28)18-6-4-7-20(14-18)32-3/h4-14,22H,15-16H2,1-3H3. The molecule has 0 spiro atoms. The van der Waals surface area contributed by atoms with Crippen LogP contribution in [0, 0.1) is 0 Å². The van der Waals surface area contributed by atoms with Crippen molar-refractivity contribution in [3.8, 4) is 11.5 Å². The van der Waals surface area contributed by atoms with Crippen LogP contribution in [0.25, 0.3) is 0 Å². The Hall–Kier alpha value is -3.65. The molecule has 8 heteroatoms. The maximum atomic E-state index is 13.3. The zero-order valence-corrected chi connectivity index (χ0v) is 19.5. The first-order valence-electron chi connectivity index (χ1n) is 10.5. The Morgan fingerprint density at radius 2 is 1.82 bits per heavy atom. The zero-order valence-electron chi connectivity index (χ0n) is 18.7. The minimum Gasteiger partial charge on any atom is -0.497 e. The fourth-order valence-corrected chi connectivity index (χ4v) is 4.46. The highest BCUT2D eigenvalue weighted by atomic mass is 32.1. The van der Waals surface area contributed by atoms with Crippen molar-refractivity contribution in [3.63, 3.8) is 0 Å². The average molecular weight is 464 g/mol. The van der Waals surface area contributed by atoms with Gasteiger partial charge < -0.3 is 14.4 Å². The van der Waals surface area contributed by atoms with E-state index in [1.54, 1.807) is 27.3 Å². The van der Waals surface area contributed by atoms with E-state index < -0.39 is 0 Å². The van der Waals surface area contributed by atoms with Crippen molar-refractivity contribution in [2.45, 2.75) is 12.5 Å². The van der Waals surface area contributed by atoms with Gasteiger partial charge in [-0.1, -0.05) is 30.3 Å². The molecule has 2 aromatic carbocycles. The summed E-state index contributed by atoms with van der Waals surface area (Å²) in [6.07, 6.45) is 0.549. The molecule has 1 aromatic heterocycles. The SMILES string of the molecule is COc1ccc(C2CC(c3cccc(OC)c3)=NN2C(=O)CN(C)C(=O)c2cccs2)cc1. The first-order valence-corrected chi connectivity index (χ1v) is 11.3. The molecule has 0 saturated carbocycles.